The largest absolute Gasteiger partial charge is 0.388 e. The van der Waals surface area contributed by atoms with Crippen LogP contribution in [0.5, 0.6) is 0 Å². The zero-order chi connectivity index (χ0) is 14.2. The van der Waals surface area contributed by atoms with Gasteiger partial charge in [0.05, 0.1) is 13.2 Å². The van der Waals surface area contributed by atoms with Crippen molar-refractivity contribution in [3.8, 4) is 0 Å². The van der Waals surface area contributed by atoms with Gasteiger partial charge in [-0.3, -0.25) is 0 Å². The molecule has 2 fully saturated rings. The van der Waals surface area contributed by atoms with Gasteiger partial charge >= 0.3 is 0 Å². The topological polar surface area (TPSA) is 149 Å². The minimum Gasteiger partial charge on any atom is -0.388 e. The number of rotatable bonds is 2. The molecule has 2 aliphatic rings. The zero-order valence-corrected chi connectivity index (χ0v) is 9.94. The summed E-state index contributed by atoms with van der Waals surface area (Å²) in [6.45, 7) is -0.506. The highest BCUT2D eigenvalue weighted by Gasteiger charge is 2.44. The molecule has 112 valence electrons. The van der Waals surface area contributed by atoms with E-state index in [1.165, 1.54) is 0 Å². The van der Waals surface area contributed by atoms with Gasteiger partial charge in [-0.15, -0.1) is 0 Å². The normalized spacial score (nSPS) is 52.1. The summed E-state index contributed by atoms with van der Waals surface area (Å²) in [6, 6.07) is 0. The standard InChI is InChI=1S/C10H18O9/c11-3-1-17-9(7(15)5(3)13)19-10-8(16)6(14)4(12)2-18-10/h3-16H,1-2H2/t3-,4-,5-,6-,7+,8+,9?,10?/m1/s1. The van der Waals surface area contributed by atoms with Crippen LogP contribution in [0.4, 0.5) is 0 Å². The Labute approximate surface area is 108 Å². The molecule has 19 heavy (non-hydrogen) atoms. The van der Waals surface area contributed by atoms with E-state index < -0.39 is 49.2 Å². The van der Waals surface area contributed by atoms with Gasteiger partial charge in [-0.1, -0.05) is 0 Å². The summed E-state index contributed by atoms with van der Waals surface area (Å²) < 4.78 is 15.0. The summed E-state index contributed by atoms with van der Waals surface area (Å²) >= 11 is 0. The number of aliphatic hydroxyl groups excluding tert-OH is 6. The number of hydrogen-bond acceptors (Lipinski definition) is 9. The molecule has 2 unspecified atom stereocenters. The van der Waals surface area contributed by atoms with Crippen molar-refractivity contribution in [3.05, 3.63) is 0 Å². The van der Waals surface area contributed by atoms with Crippen molar-refractivity contribution in [1.82, 2.24) is 0 Å². The lowest BCUT2D eigenvalue weighted by Gasteiger charge is -2.40. The molecule has 0 aromatic carbocycles. The molecule has 0 spiro atoms. The van der Waals surface area contributed by atoms with E-state index in [-0.39, 0.29) is 13.2 Å². The molecule has 0 saturated carbocycles. The second-order valence-corrected chi connectivity index (χ2v) is 4.64. The highest BCUT2D eigenvalue weighted by atomic mass is 16.8. The molecule has 2 heterocycles. The van der Waals surface area contributed by atoms with Crippen LogP contribution in [-0.2, 0) is 14.2 Å². The predicted octanol–water partition coefficient (Wildman–Crippen LogP) is -4.12. The summed E-state index contributed by atoms with van der Waals surface area (Å²) in [5.74, 6) is 0. The average Bonchev–Trinajstić information content (AvgIpc) is 2.39. The van der Waals surface area contributed by atoms with Crippen molar-refractivity contribution >= 4 is 0 Å². The van der Waals surface area contributed by atoms with E-state index in [0.29, 0.717) is 0 Å². The van der Waals surface area contributed by atoms with Crippen LogP contribution in [0.1, 0.15) is 0 Å². The second kappa shape index (κ2) is 5.95. The third kappa shape index (κ3) is 3.05. The summed E-state index contributed by atoms with van der Waals surface area (Å²) in [6.07, 6.45) is -11.1. The van der Waals surface area contributed by atoms with Gasteiger partial charge < -0.3 is 44.8 Å². The van der Waals surface area contributed by atoms with Crippen LogP contribution in [0.3, 0.4) is 0 Å². The molecule has 2 rings (SSSR count). The van der Waals surface area contributed by atoms with E-state index in [1.54, 1.807) is 0 Å². The molecule has 0 amide bonds. The van der Waals surface area contributed by atoms with E-state index >= 15 is 0 Å². The predicted molar refractivity (Wildman–Crippen MR) is 56.6 cm³/mol. The third-order valence-corrected chi connectivity index (χ3v) is 3.18. The summed E-state index contributed by atoms with van der Waals surface area (Å²) in [5, 5.41) is 56.7. The first-order chi connectivity index (χ1) is 8.91. The Morgan fingerprint density at radius 1 is 0.632 bits per heavy atom. The molecule has 0 radical (unpaired) electrons. The molecule has 0 bridgehead atoms. The Morgan fingerprint density at radius 3 is 1.37 bits per heavy atom. The summed E-state index contributed by atoms with van der Waals surface area (Å²) in [5.41, 5.74) is 0. The van der Waals surface area contributed by atoms with E-state index in [9.17, 15) is 30.6 Å². The molecule has 0 aliphatic carbocycles. The van der Waals surface area contributed by atoms with Crippen molar-refractivity contribution in [1.29, 1.82) is 0 Å². The van der Waals surface area contributed by atoms with Crippen LogP contribution in [0, 0.1) is 0 Å². The quantitative estimate of drug-likeness (QED) is 0.297. The minimum absolute atomic E-state index is 0.253. The Morgan fingerprint density at radius 2 is 1.00 bits per heavy atom. The fraction of sp³-hybridized carbons (Fsp3) is 1.00. The molecule has 6 N–H and O–H groups in total. The van der Waals surface area contributed by atoms with Gasteiger partial charge in [0.25, 0.3) is 0 Å². The van der Waals surface area contributed by atoms with Crippen LogP contribution in [-0.4, -0.2) is 93.1 Å². The molecule has 9 nitrogen and oxygen atoms in total. The monoisotopic (exact) mass is 282 g/mol. The fourth-order valence-electron chi connectivity index (χ4n) is 1.93. The lowest BCUT2D eigenvalue weighted by Crippen LogP contribution is -2.59. The van der Waals surface area contributed by atoms with Gasteiger partial charge in [-0.2, -0.15) is 0 Å². The maximum Gasteiger partial charge on any atom is 0.189 e. The van der Waals surface area contributed by atoms with Crippen molar-refractivity contribution < 1.29 is 44.8 Å². The van der Waals surface area contributed by atoms with Crippen LogP contribution in [0.25, 0.3) is 0 Å². The Hall–Kier alpha value is -0.360. The van der Waals surface area contributed by atoms with Crippen LogP contribution in [0.2, 0.25) is 0 Å². The molecular formula is C10H18O9. The van der Waals surface area contributed by atoms with Gasteiger partial charge in [0.1, 0.15) is 36.6 Å². The summed E-state index contributed by atoms with van der Waals surface area (Å²) in [7, 11) is 0. The van der Waals surface area contributed by atoms with Gasteiger partial charge in [0.2, 0.25) is 0 Å². The van der Waals surface area contributed by atoms with E-state index in [0.717, 1.165) is 0 Å². The smallest absolute Gasteiger partial charge is 0.189 e. The van der Waals surface area contributed by atoms with E-state index in [1.807, 2.05) is 0 Å². The maximum atomic E-state index is 9.63. The highest BCUT2D eigenvalue weighted by molar-refractivity contribution is 4.86. The lowest BCUT2D eigenvalue weighted by atomic mass is 10.0. The van der Waals surface area contributed by atoms with Gasteiger partial charge in [-0.25, -0.2) is 0 Å². The first kappa shape index (κ1) is 15.0. The van der Waals surface area contributed by atoms with Crippen LogP contribution < -0.4 is 0 Å². The molecule has 9 heteroatoms. The molecule has 2 saturated heterocycles. The third-order valence-electron chi connectivity index (χ3n) is 3.18. The lowest BCUT2D eigenvalue weighted by molar-refractivity contribution is -0.350. The van der Waals surface area contributed by atoms with E-state index in [4.69, 9.17) is 14.2 Å². The highest BCUT2D eigenvalue weighted by Crippen LogP contribution is 2.23. The van der Waals surface area contributed by atoms with Gasteiger partial charge in [0, 0.05) is 0 Å². The van der Waals surface area contributed by atoms with Crippen molar-refractivity contribution in [3.63, 3.8) is 0 Å². The number of hydrogen-bond donors (Lipinski definition) is 6. The van der Waals surface area contributed by atoms with Crippen molar-refractivity contribution in [2.24, 2.45) is 0 Å². The summed E-state index contributed by atoms with van der Waals surface area (Å²) in [4.78, 5) is 0. The molecule has 0 aromatic heterocycles. The number of aliphatic hydroxyl groups is 6. The van der Waals surface area contributed by atoms with Gasteiger partial charge in [-0.05, 0) is 0 Å². The molecular weight excluding hydrogens is 264 g/mol. The van der Waals surface area contributed by atoms with Crippen LogP contribution in [0.15, 0.2) is 0 Å². The first-order valence-corrected chi connectivity index (χ1v) is 5.89. The van der Waals surface area contributed by atoms with Gasteiger partial charge in [0.15, 0.2) is 12.6 Å². The fourth-order valence-corrected chi connectivity index (χ4v) is 1.93. The molecule has 8 atom stereocenters. The zero-order valence-electron chi connectivity index (χ0n) is 9.94. The van der Waals surface area contributed by atoms with Crippen molar-refractivity contribution in [2.75, 3.05) is 13.2 Å². The SMILES string of the molecule is O[C@@H]1[C@H](O)COC(OC2OC[C@@H](O)[C@@H](O)[C@@H]2O)[C@H]1O. The second-order valence-electron chi connectivity index (χ2n) is 4.64. The maximum absolute atomic E-state index is 9.63. The Bertz CT molecular complexity index is 273. The van der Waals surface area contributed by atoms with E-state index in [2.05, 4.69) is 0 Å². The Balaban J connectivity index is 1.94. The Kier molecular flexibility index (Phi) is 4.71. The number of ether oxygens (including phenoxy) is 3. The molecule has 2 aliphatic heterocycles. The average molecular weight is 282 g/mol. The first-order valence-electron chi connectivity index (χ1n) is 5.89. The minimum atomic E-state index is -1.52. The van der Waals surface area contributed by atoms with Crippen LogP contribution >= 0.6 is 0 Å². The van der Waals surface area contributed by atoms with Crippen molar-refractivity contribution in [2.45, 2.75) is 49.2 Å². The molecule has 0 aromatic rings.